The van der Waals surface area contributed by atoms with Gasteiger partial charge < -0.3 is 23.7 Å². The maximum Gasteiger partial charge on any atom is 0.161 e. The molecule has 0 fully saturated rings. The summed E-state index contributed by atoms with van der Waals surface area (Å²) in [6.45, 7) is 2.67. The smallest absolute Gasteiger partial charge is 0.161 e. The molecule has 0 radical (unpaired) electrons. The lowest BCUT2D eigenvalue weighted by Crippen LogP contribution is -2.12. The molecular formula is C24H24O5. The van der Waals surface area contributed by atoms with E-state index in [1.54, 1.807) is 0 Å². The quantitative estimate of drug-likeness (QED) is 0.558. The molecule has 1 heterocycles. The van der Waals surface area contributed by atoms with Crippen LogP contribution in [0.5, 0.6) is 23.0 Å². The van der Waals surface area contributed by atoms with Crippen LogP contribution in [0.2, 0.25) is 0 Å². The van der Waals surface area contributed by atoms with Crippen molar-refractivity contribution in [1.29, 1.82) is 0 Å². The first kappa shape index (κ1) is 19.2. The largest absolute Gasteiger partial charge is 0.487 e. The Balaban J connectivity index is 1.57. The summed E-state index contributed by atoms with van der Waals surface area (Å²) in [4.78, 5) is 0. The summed E-state index contributed by atoms with van der Waals surface area (Å²) < 4.78 is 29.4. The van der Waals surface area contributed by atoms with E-state index in [2.05, 4.69) is 0 Å². The number of hydrogen-bond acceptors (Lipinski definition) is 5. The van der Waals surface area contributed by atoms with E-state index in [0.717, 1.165) is 11.1 Å². The second kappa shape index (κ2) is 9.85. The molecule has 0 N–H and O–H groups in total. The van der Waals surface area contributed by atoms with Gasteiger partial charge in [0.05, 0.1) is 13.2 Å². The molecule has 0 atom stereocenters. The van der Waals surface area contributed by atoms with Gasteiger partial charge in [-0.25, -0.2) is 0 Å². The van der Waals surface area contributed by atoms with E-state index in [1.807, 2.05) is 72.8 Å². The Kier molecular flexibility index (Phi) is 6.50. The molecule has 1 aliphatic rings. The number of benzene rings is 3. The molecule has 1 aliphatic heterocycles. The van der Waals surface area contributed by atoms with Crippen molar-refractivity contribution >= 4 is 0 Å². The van der Waals surface area contributed by atoms with Gasteiger partial charge in [-0.3, -0.25) is 0 Å². The molecule has 5 heteroatoms. The van der Waals surface area contributed by atoms with Gasteiger partial charge in [0, 0.05) is 0 Å². The fourth-order valence-electron chi connectivity index (χ4n) is 3.05. The number of para-hydroxylation sites is 4. The predicted molar refractivity (Wildman–Crippen MR) is 110 cm³/mol. The lowest BCUT2D eigenvalue weighted by atomic mass is 10.1. The molecule has 29 heavy (non-hydrogen) atoms. The molecule has 5 nitrogen and oxygen atoms in total. The Bertz CT molecular complexity index is 850. The van der Waals surface area contributed by atoms with Gasteiger partial charge in [-0.2, -0.15) is 0 Å². The lowest BCUT2D eigenvalue weighted by Gasteiger charge is -2.15. The van der Waals surface area contributed by atoms with Gasteiger partial charge in [0.1, 0.15) is 26.4 Å². The summed E-state index contributed by atoms with van der Waals surface area (Å²) in [7, 11) is 0. The van der Waals surface area contributed by atoms with Gasteiger partial charge in [0.15, 0.2) is 23.0 Å². The highest BCUT2D eigenvalue weighted by Crippen LogP contribution is 2.29. The minimum absolute atomic E-state index is 0.425. The third-order valence-electron chi connectivity index (χ3n) is 4.55. The minimum atomic E-state index is 0.425. The summed E-state index contributed by atoms with van der Waals surface area (Å²) in [5, 5.41) is 0. The second-order valence-corrected chi connectivity index (χ2v) is 6.55. The Morgan fingerprint density at radius 3 is 1.24 bits per heavy atom. The number of ether oxygens (including phenoxy) is 5. The molecule has 0 aliphatic carbocycles. The summed E-state index contributed by atoms with van der Waals surface area (Å²) in [5.41, 5.74) is 2.13. The van der Waals surface area contributed by atoms with E-state index >= 15 is 0 Å². The summed E-state index contributed by atoms with van der Waals surface area (Å²) in [6.07, 6.45) is 0. The molecule has 0 bridgehead atoms. The van der Waals surface area contributed by atoms with Crippen molar-refractivity contribution in [3.8, 4) is 23.0 Å². The van der Waals surface area contributed by atoms with E-state index in [4.69, 9.17) is 23.7 Å². The molecular weight excluding hydrogens is 368 g/mol. The van der Waals surface area contributed by atoms with Crippen molar-refractivity contribution in [2.75, 3.05) is 26.4 Å². The van der Waals surface area contributed by atoms with Crippen LogP contribution in [-0.2, 0) is 18.0 Å². The lowest BCUT2D eigenvalue weighted by molar-refractivity contribution is 0.0746. The average molecular weight is 392 g/mol. The van der Waals surface area contributed by atoms with Crippen molar-refractivity contribution in [3.05, 3.63) is 83.9 Å². The van der Waals surface area contributed by atoms with Crippen molar-refractivity contribution in [1.82, 2.24) is 0 Å². The van der Waals surface area contributed by atoms with Crippen molar-refractivity contribution < 1.29 is 23.7 Å². The van der Waals surface area contributed by atoms with E-state index in [1.165, 1.54) is 0 Å². The second-order valence-electron chi connectivity index (χ2n) is 6.55. The third kappa shape index (κ3) is 5.21. The Morgan fingerprint density at radius 2 is 0.793 bits per heavy atom. The van der Waals surface area contributed by atoms with E-state index < -0.39 is 0 Å². The molecule has 3 aromatic carbocycles. The van der Waals surface area contributed by atoms with Crippen LogP contribution in [0.15, 0.2) is 72.8 Å². The van der Waals surface area contributed by atoms with Crippen LogP contribution in [0, 0.1) is 0 Å². The molecule has 0 aromatic heterocycles. The normalized spacial score (nSPS) is 15.0. The molecule has 0 saturated heterocycles. The van der Waals surface area contributed by atoms with Crippen LogP contribution < -0.4 is 18.9 Å². The highest BCUT2D eigenvalue weighted by atomic mass is 16.6. The summed E-state index contributed by atoms with van der Waals surface area (Å²) in [5.74, 6) is 2.83. The SMILES string of the molecule is c1ccc2c(c1)COc1ccccc1OCCOCCOc1ccccc1OC2. The van der Waals surface area contributed by atoms with E-state index in [-0.39, 0.29) is 0 Å². The molecule has 0 saturated carbocycles. The molecule has 0 unspecified atom stereocenters. The fourth-order valence-corrected chi connectivity index (χ4v) is 3.05. The Morgan fingerprint density at radius 1 is 0.414 bits per heavy atom. The number of fused-ring (bicyclic) bond motifs is 3. The van der Waals surface area contributed by atoms with Gasteiger partial charge >= 0.3 is 0 Å². The van der Waals surface area contributed by atoms with Gasteiger partial charge in [-0.15, -0.1) is 0 Å². The first-order chi connectivity index (χ1) is 14.4. The third-order valence-corrected chi connectivity index (χ3v) is 4.55. The zero-order valence-electron chi connectivity index (χ0n) is 16.2. The first-order valence-electron chi connectivity index (χ1n) is 9.74. The van der Waals surface area contributed by atoms with Crippen LogP contribution in [0.3, 0.4) is 0 Å². The van der Waals surface area contributed by atoms with Crippen LogP contribution in [0.1, 0.15) is 11.1 Å². The van der Waals surface area contributed by atoms with Crippen LogP contribution in [0.25, 0.3) is 0 Å². The molecule has 0 amide bonds. The molecule has 3 aromatic rings. The van der Waals surface area contributed by atoms with Crippen LogP contribution in [-0.4, -0.2) is 26.4 Å². The van der Waals surface area contributed by atoms with Crippen LogP contribution >= 0.6 is 0 Å². The standard InChI is InChI=1S/C24H24O5/c1-2-8-20-18-29-24-12-6-4-10-22(24)27-16-14-25-13-15-26-21-9-3-5-11-23(21)28-17-19(20)7-1/h1-12H,13-18H2. The Hall–Kier alpha value is -3.18. The van der Waals surface area contributed by atoms with Crippen LogP contribution in [0.4, 0.5) is 0 Å². The average Bonchev–Trinajstić information content (AvgIpc) is 2.77. The maximum absolute atomic E-state index is 6.06. The highest BCUT2D eigenvalue weighted by Gasteiger charge is 2.10. The highest BCUT2D eigenvalue weighted by molar-refractivity contribution is 5.41. The minimum Gasteiger partial charge on any atom is -0.487 e. The topological polar surface area (TPSA) is 46.2 Å². The van der Waals surface area contributed by atoms with Gasteiger partial charge in [-0.05, 0) is 35.4 Å². The monoisotopic (exact) mass is 392 g/mol. The maximum atomic E-state index is 6.06. The molecule has 150 valence electrons. The number of rotatable bonds is 0. The predicted octanol–water partition coefficient (Wildman–Crippen LogP) is 4.63. The van der Waals surface area contributed by atoms with Crippen molar-refractivity contribution in [2.24, 2.45) is 0 Å². The zero-order valence-corrected chi connectivity index (χ0v) is 16.2. The molecule has 0 spiro atoms. The zero-order chi connectivity index (χ0) is 19.7. The van der Waals surface area contributed by atoms with Crippen molar-refractivity contribution in [2.45, 2.75) is 13.2 Å². The van der Waals surface area contributed by atoms with Crippen molar-refractivity contribution in [3.63, 3.8) is 0 Å². The van der Waals surface area contributed by atoms with Gasteiger partial charge in [-0.1, -0.05) is 48.5 Å². The van der Waals surface area contributed by atoms with E-state index in [0.29, 0.717) is 62.6 Å². The Labute approximate surface area is 170 Å². The van der Waals surface area contributed by atoms with E-state index in [9.17, 15) is 0 Å². The summed E-state index contributed by atoms with van der Waals surface area (Å²) in [6, 6.07) is 23.4. The van der Waals surface area contributed by atoms with Gasteiger partial charge in [0.25, 0.3) is 0 Å². The fraction of sp³-hybridized carbons (Fsp3) is 0.250. The summed E-state index contributed by atoms with van der Waals surface area (Å²) >= 11 is 0. The van der Waals surface area contributed by atoms with Gasteiger partial charge in [0.2, 0.25) is 0 Å². The first-order valence-corrected chi connectivity index (χ1v) is 9.74. The molecule has 4 rings (SSSR count). The number of hydrogen-bond donors (Lipinski definition) is 0.